The number of amides is 1. The number of hydrogen-bond acceptors (Lipinski definition) is 5. The minimum Gasteiger partial charge on any atom is -0.491 e. The standard InChI is InChI=1S/C25H32N2O5S/c28-25(26-17-19-7-10-22(11-8-19)32-18-23-6-3-15-31-23)13-14-27-33(29,30)24-12-9-20-4-1-2-5-21(20)16-24/h7-12,16,23,27H,1-6,13-15,17-18H2,(H,26,28). The molecule has 1 aliphatic heterocycles. The van der Waals surface area contributed by atoms with Gasteiger partial charge in [-0.25, -0.2) is 13.1 Å². The first-order valence-corrected chi connectivity index (χ1v) is 13.2. The summed E-state index contributed by atoms with van der Waals surface area (Å²) < 4.78 is 39.0. The summed E-state index contributed by atoms with van der Waals surface area (Å²) in [6.45, 7) is 1.79. The van der Waals surface area contributed by atoms with Gasteiger partial charge >= 0.3 is 0 Å². The van der Waals surface area contributed by atoms with Gasteiger partial charge in [0.2, 0.25) is 15.9 Å². The molecule has 0 radical (unpaired) electrons. The summed E-state index contributed by atoms with van der Waals surface area (Å²) in [5.41, 5.74) is 3.30. The largest absolute Gasteiger partial charge is 0.491 e. The lowest BCUT2D eigenvalue weighted by Gasteiger charge is -2.16. The van der Waals surface area contributed by atoms with Gasteiger partial charge in [0.05, 0.1) is 11.0 Å². The number of ether oxygens (including phenoxy) is 2. The van der Waals surface area contributed by atoms with Crippen LogP contribution in [-0.4, -0.2) is 40.2 Å². The molecule has 1 unspecified atom stereocenters. The Morgan fingerprint density at radius 1 is 1.03 bits per heavy atom. The zero-order chi connectivity index (χ0) is 23.1. The number of hydrogen-bond donors (Lipinski definition) is 2. The van der Waals surface area contributed by atoms with Gasteiger partial charge in [-0.1, -0.05) is 18.2 Å². The summed E-state index contributed by atoms with van der Waals surface area (Å²) in [4.78, 5) is 12.4. The molecule has 4 rings (SSSR count). The normalized spacial score (nSPS) is 18.0. The van der Waals surface area contributed by atoms with Gasteiger partial charge in [-0.15, -0.1) is 0 Å². The molecule has 33 heavy (non-hydrogen) atoms. The molecular formula is C25H32N2O5S. The fraction of sp³-hybridized carbons (Fsp3) is 0.480. The highest BCUT2D eigenvalue weighted by molar-refractivity contribution is 7.89. The lowest BCUT2D eigenvalue weighted by atomic mass is 9.92. The molecule has 0 saturated carbocycles. The summed E-state index contributed by atoms with van der Waals surface area (Å²) >= 11 is 0. The van der Waals surface area contributed by atoms with Gasteiger partial charge in [0.15, 0.2) is 0 Å². The average molecular weight is 473 g/mol. The van der Waals surface area contributed by atoms with E-state index in [-0.39, 0.29) is 29.9 Å². The van der Waals surface area contributed by atoms with Crippen molar-refractivity contribution in [1.82, 2.24) is 10.0 Å². The van der Waals surface area contributed by atoms with E-state index in [2.05, 4.69) is 10.0 Å². The smallest absolute Gasteiger partial charge is 0.240 e. The summed E-state index contributed by atoms with van der Waals surface area (Å²) in [7, 11) is -3.63. The molecule has 2 aliphatic rings. The second kappa shape index (κ2) is 11.1. The van der Waals surface area contributed by atoms with Crippen molar-refractivity contribution < 1.29 is 22.7 Å². The maximum Gasteiger partial charge on any atom is 0.240 e. The highest BCUT2D eigenvalue weighted by atomic mass is 32.2. The third-order valence-electron chi connectivity index (χ3n) is 6.15. The van der Waals surface area contributed by atoms with Crippen LogP contribution in [0.2, 0.25) is 0 Å². The van der Waals surface area contributed by atoms with E-state index >= 15 is 0 Å². The Bertz CT molecular complexity index is 1050. The second-order valence-corrected chi connectivity index (χ2v) is 10.4. The van der Waals surface area contributed by atoms with E-state index in [1.165, 1.54) is 5.56 Å². The van der Waals surface area contributed by atoms with Crippen LogP contribution in [0.25, 0.3) is 0 Å². The van der Waals surface area contributed by atoms with E-state index in [4.69, 9.17) is 9.47 Å². The number of rotatable bonds is 10. The van der Waals surface area contributed by atoms with Crippen molar-refractivity contribution in [3.63, 3.8) is 0 Å². The van der Waals surface area contributed by atoms with Gasteiger partial charge in [0, 0.05) is 26.1 Å². The zero-order valence-electron chi connectivity index (χ0n) is 18.8. The molecule has 1 atom stereocenters. The van der Waals surface area contributed by atoms with Crippen molar-refractivity contribution in [2.24, 2.45) is 0 Å². The predicted molar refractivity (Wildman–Crippen MR) is 126 cm³/mol. The fourth-order valence-corrected chi connectivity index (χ4v) is 5.30. The number of fused-ring (bicyclic) bond motifs is 1. The maximum atomic E-state index is 12.6. The molecule has 7 nitrogen and oxygen atoms in total. The molecular weight excluding hydrogens is 440 g/mol. The van der Waals surface area contributed by atoms with Crippen LogP contribution in [-0.2, 0) is 38.9 Å². The molecule has 2 aromatic rings. The van der Waals surface area contributed by atoms with Crippen LogP contribution in [0.3, 0.4) is 0 Å². The van der Waals surface area contributed by atoms with E-state index in [0.717, 1.165) is 62.0 Å². The first-order chi connectivity index (χ1) is 16.0. The number of aryl methyl sites for hydroxylation is 2. The molecule has 1 saturated heterocycles. The second-order valence-electron chi connectivity index (χ2n) is 8.65. The zero-order valence-corrected chi connectivity index (χ0v) is 19.7. The van der Waals surface area contributed by atoms with Crippen LogP contribution in [0, 0.1) is 0 Å². The average Bonchev–Trinajstić information content (AvgIpc) is 3.35. The molecule has 0 aromatic heterocycles. The molecule has 1 aliphatic carbocycles. The Morgan fingerprint density at radius 3 is 2.58 bits per heavy atom. The van der Waals surface area contributed by atoms with Crippen LogP contribution in [0.5, 0.6) is 5.75 Å². The minimum atomic E-state index is -3.63. The summed E-state index contributed by atoms with van der Waals surface area (Å²) in [5, 5.41) is 2.83. The predicted octanol–water partition coefficient (Wildman–Crippen LogP) is 3.11. The van der Waals surface area contributed by atoms with Crippen molar-refractivity contribution in [2.75, 3.05) is 19.8 Å². The first-order valence-electron chi connectivity index (χ1n) is 11.7. The summed E-state index contributed by atoms with van der Waals surface area (Å²) in [6.07, 6.45) is 6.55. The van der Waals surface area contributed by atoms with Crippen LogP contribution < -0.4 is 14.8 Å². The number of sulfonamides is 1. The monoisotopic (exact) mass is 472 g/mol. The van der Waals surface area contributed by atoms with Gasteiger partial charge in [0.25, 0.3) is 0 Å². The number of benzene rings is 2. The van der Waals surface area contributed by atoms with Crippen LogP contribution >= 0.6 is 0 Å². The first kappa shape index (κ1) is 23.7. The maximum absolute atomic E-state index is 12.6. The molecule has 2 N–H and O–H groups in total. The van der Waals surface area contributed by atoms with Crippen LogP contribution in [0.4, 0.5) is 0 Å². The van der Waals surface area contributed by atoms with Gasteiger partial charge in [-0.3, -0.25) is 4.79 Å². The van der Waals surface area contributed by atoms with E-state index in [9.17, 15) is 13.2 Å². The van der Waals surface area contributed by atoms with E-state index < -0.39 is 10.0 Å². The third kappa shape index (κ3) is 6.79. The topological polar surface area (TPSA) is 93.7 Å². The molecule has 178 valence electrons. The molecule has 0 bridgehead atoms. The van der Waals surface area contributed by atoms with Crippen LogP contribution in [0.15, 0.2) is 47.4 Å². The molecule has 1 amide bonds. The highest BCUT2D eigenvalue weighted by Crippen LogP contribution is 2.24. The summed E-state index contributed by atoms with van der Waals surface area (Å²) in [5.74, 6) is 0.569. The van der Waals surface area contributed by atoms with Gasteiger partial charge in [-0.05, 0) is 79.5 Å². The van der Waals surface area contributed by atoms with Gasteiger partial charge in [0.1, 0.15) is 12.4 Å². The highest BCUT2D eigenvalue weighted by Gasteiger charge is 2.18. The van der Waals surface area contributed by atoms with E-state index in [1.54, 1.807) is 12.1 Å². The van der Waals surface area contributed by atoms with E-state index in [1.807, 2.05) is 30.3 Å². The lowest BCUT2D eigenvalue weighted by molar-refractivity contribution is -0.121. The minimum absolute atomic E-state index is 0.0568. The number of carbonyl (C=O) groups is 1. The van der Waals surface area contributed by atoms with Gasteiger partial charge in [-0.2, -0.15) is 0 Å². The lowest BCUT2D eigenvalue weighted by Crippen LogP contribution is -2.30. The van der Waals surface area contributed by atoms with Gasteiger partial charge < -0.3 is 14.8 Å². The molecule has 1 heterocycles. The van der Waals surface area contributed by atoms with Crippen molar-refractivity contribution in [1.29, 1.82) is 0 Å². The van der Waals surface area contributed by atoms with Crippen molar-refractivity contribution >= 4 is 15.9 Å². The van der Waals surface area contributed by atoms with Crippen LogP contribution in [0.1, 0.15) is 48.8 Å². The van der Waals surface area contributed by atoms with Crippen molar-refractivity contribution in [2.45, 2.75) is 62.5 Å². The Labute approximate surface area is 195 Å². The Kier molecular flexibility index (Phi) is 8.01. The number of carbonyl (C=O) groups excluding carboxylic acids is 1. The molecule has 0 spiro atoms. The fourth-order valence-electron chi connectivity index (χ4n) is 4.22. The Hall–Kier alpha value is -2.42. The Morgan fingerprint density at radius 2 is 1.82 bits per heavy atom. The van der Waals surface area contributed by atoms with Crippen molar-refractivity contribution in [3.8, 4) is 5.75 Å². The van der Waals surface area contributed by atoms with Crippen molar-refractivity contribution in [3.05, 3.63) is 59.2 Å². The van der Waals surface area contributed by atoms with E-state index in [0.29, 0.717) is 13.2 Å². The quantitative estimate of drug-likeness (QED) is 0.554. The molecule has 8 heteroatoms. The third-order valence-corrected chi connectivity index (χ3v) is 7.61. The SMILES string of the molecule is O=C(CCNS(=O)(=O)c1ccc2c(c1)CCCC2)NCc1ccc(OCC2CCCO2)cc1. The summed E-state index contributed by atoms with van der Waals surface area (Å²) in [6, 6.07) is 12.9. The Balaban J connectivity index is 1.18. The number of nitrogens with one attached hydrogen (secondary N) is 2. The molecule has 1 fully saturated rings. The molecule has 2 aromatic carbocycles.